The Morgan fingerprint density at radius 1 is 1.53 bits per heavy atom. The van der Waals surface area contributed by atoms with E-state index in [1.807, 2.05) is 0 Å². The number of hydrogen-bond acceptors (Lipinski definition) is 4. The number of carbonyl (C=O) groups excluding carboxylic acids is 2. The molecule has 19 heavy (non-hydrogen) atoms. The van der Waals surface area contributed by atoms with E-state index in [2.05, 4.69) is 15.6 Å². The van der Waals surface area contributed by atoms with E-state index >= 15 is 0 Å². The molecule has 0 aliphatic heterocycles. The second-order valence-corrected chi connectivity index (χ2v) is 4.10. The van der Waals surface area contributed by atoms with Gasteiger partial charge in [-0.05, 0) is 19.9 Å². The second-order valence-electron chi connectivity index (χ2n) is 4.10. The third kappa shape index (κ3) is 4.20. The number of pyridine rings is 1. The van der Waals surface area contributed by atoms with Gasteiger partial charge in [0.05, 0.1) is 5.56 Å². The van der Waals surface area contributed by atoms with Crippen molar-refractivity contribution in [3.05, 3.63) is 23.6 Å². The maximum Gasteiger partial charge on any atom is 0.254 e. The van der Waals surface area contributed by atoms with Gasteiger partial charge < -0.3 is 16.4 Å². The maximum absolute atomic E-state index is 13.9. The van der Waals surface area contributed by atoms with E-state index in [1.165, 1.54) is 12.3 Å². The first-order valence-electron chi connectivity index (χ1n) is 5.93. The van der Waals surface area contributed by atoms with Crippen LogP contribution in [0.3, 0.4) is 0 Å². The molecule has 1 rings (SSSR count). The first-order chi connectivity index (χ1) is 8.95. The fourth-order valence-corrected chi connectivity index (χ4v) is 1.56. The van der Waals surface area contributed by atoms with E-state index < -0.39 is 23.7 Å². The van der Waals surface area contributed by atoms with E-state index in [9.17, 15) is 14.0 Å². The molecule has 0 aliphatic carbocycles. The van der Waals surface area contributed by atoms with E-state index in [0.29, 0.717) is 6.54 Å². The van der Waals surface area contributed by atoms with E-state index in [1.54, 1.807) is 13.8 Å². The van der Waals surface area contributed by atoms with Crippen LogP contribution < -0.4 is 16.4 Å². The molecule has 2 amide bonds. The summed E-state index contributed by atoms with van der Waals surface area (Å²) in [6.07, 6.45) is 1.34. The molecule has 6 nitrogen and oxygen atoms in total. The minimum atomic E-state index is -0.715. The summed E-state index contributed by atoms with van der Waals surface area (Å²) in [5, 5.41) is 5.22. The third-order valence-corrected chi connectivity index (χ3v) is 2.36. The highest BCUT2D eigenvalue weighted by molar-refractivity contribution is 5.95. The Morgan fingerprint density at radius 2 is 2.21 bits per heavy atom. The van der Waals surface area contributed by atoms with Gasteiger partial charge in [0.1, 0.15) is 0 Å². The summed E-state index contributed by atoms with van der Waals surface area (Å²) in [6, 6.07) is 0.822. The van der Waals surface area contributed by atoms with E-state index in [0.717, 1.165) is 0 Å². The number of nitrogens with two attached hydrogens (primary N) is 1. The van der Waals surface area contributed by atoms with E-state index in [4.69, 9.17) is 5.73 Å². The van der Waals surface area contributed by atoms with Gasteiger partial charge in [-0.3, -0.25) is 9.59 Å². The minimum Gasteiger partial charge on any atom is -0.370 e. The normalized spacial score (nSPS) is 11.7. The summed E-state index contributed by atoms with van der Waals surface area (Å²) in [4.78, 5) is 26.4. The molecule has 0 fully saturated rings. The zero-order valence-corrected chi connectivity index (χ0v) is 10.9. The predicted octanol–water partition coefficient (Wildman–Crippen LogP) is 0.646. The standard InChI is InChI=1S/C12H17FN4O2/c1-3-15-11-10(13)8(4-5-16-11)12(19)17-7(2)6-9(14)18/h4-5,7H,3,6H2,1-2H3,(H2,14,18)(H,15,16)(H,17,19). The molecule has 0 aromatic carbocycles. The number of rotatable bonds is 6. The van der Waals surface area contributed by atoms with Crippen LogP contribution in [-0.2, 0) is 4.79 Å². The molecule has 4 N–H and O–H groups in total. The Bertz CT molecular complexity index is 479. The third-order valence-electron chi connectivity index (χ3n) is 2.36. The lowest BCUT2D eigenvalue weighted by Gasteiger charge is -2.13. The Hall–Kier alpha value is -2.18. The smallest absolute Gasteiger partial charge is 0.254 e. The number of aromatic nitrogens is 1. The predicted molar refractivity (Wildman–Crippen MR) is 69.1 cm³/mol. The van der Waals surface area contributed by atoms with Crippen LogP contribution in [0, 0.1) is 5.82 Å². The fourth-order valence-electron chi connectivity index (χ4n) is 1.56. The van der Waals surface area contributed by atoms with Crippen LogP contribution in [0.4, 0.5) is 10.2 Å². The van der Waals surface area contributed by atoms with Crippen LogP contribution in [0.15, 0.2) is 12.3 Å². The van der Waals surface area contributed by atoms with Gasteiger partial charge in [0.25, 0.3) is 5.91 Å². The number of carbonyl (C=O) groups is 2. The number of hydrogen-bond donors (Lipinski definition) is 3. The highest BCUT2D eigenvalue weighted by atomic mass is 19.1. The summed E-state index contributed by atoms with van der Waals surface area (Å²) < 4.78 is 13.9. The first-order valence-corrected chi connectivity index (χ1v) is 5.93. The molecule has 1 atom stereocenters. The van der Waals surface area contributed by atoms with Gasteiger partial charge in [-0.25, -0.2) is 9.37 Å². The molecule has 0 bridgehead atoms. The fraction of sp³-hybridized carbons (Fsp3) is 0.417. The molecule has 1 unspecified atom stereocenters. The van der Waals surface area contributed by atoms with Crippen molar-refractivity contribution in [1.29, 1.82) is 0 Å². The largest absolute Gasteiger partial charge is 0.370 e. The topological polar surface area (TPSA) is 97.1 Å². The van der Waals surface area contributed by atoms with Crippen LogP contribution in [0.2, 0.25) is 0 Å². The average Bonchev–Trinajstić information content (AvgIpc) is 2.30. The van der Waals surface area contributed by atoms with Gasteiger partial charge in [0.15, 0.2) is 11.6 Å². The lowest BCUT2D eigenvalue weighted by molar-refractivity contribution is -0.118. The maximum atomic E-state index is 13.9. The van der Waals surface area contributed by atoms with E-state index in [-0.39, 0.29) is 17.8 Å². The van der Waals surface area contributed by atoms with Crippen molar-refractivity contribution in [2.75, 3.05) is 11.9 Å². The molecular weight excluding hydrogens is 251 g/mol. The van der Waals surface area contributed by atoms with Crippen molar-refractivity contribution in [3.63, 3.8) is 0 Å². The Morgan fingerprint density at radius 3 is 2.79 bits per heavy atom. The quantitative estimate of drug-likeness (QED) is 0.705. The number of nitrogens with one attached hydrogen (secondary N) is 2. The zero-order chi connectivity index (χ0) is 14.4. The van der Waals surface area contributed by atoms with Gasteiger partial charge in [-0.15, -0.1) is 0 Å². The highest BCUT2D eigenvalue weighted by Crippen LogP contribution is 2.15. The zero-order valence-electron chi connectivity index (χ0n) is 10.9. The molecular formula is C12H17FN4O2. The monoisotopic (exact) mass is 268 g/mol. The lowest BCUT2D eigenvalue weighted by atomic mass is 10.2. The second kappa shape index (κ2) is 6.67. The van der Waals surface area contributed by atoms with Gasteiger partial charge in [-0.1, -0.05) is 0 Å². The summed E-state index contributed by atoms with van der Waals surface area (Å²) in [7, 11) is 0. The number of anilines is 1. The van der Waals surface area contributed by atoms with Gasteiger partial charge in [-0.2, -0.15) is 0 Å². The molecule has 1 aromatic heterocycles. The van der Waals surface area contributed by atoms with Crippen LogP contribution in [0.25, 0.3) is 0 Å². The molecule has 1 heterocycles. The van der Waals surface area contributed by atoms with Crippen molar-refractivity contribution >= 4 is 17.6 Å². The molecule has 0 saturated heterocycles. The molecule has 0 saturated carbocycles. The van der Waals surface area contributed by atoms with Gasteiger partial charge in [0.2, 0.25) is 5.91 Å². The number of amides is 2. The molecule has 7 heteroatoms. The number of primary amides is 1. The van der Waals surface area contributed by atoms with Gasteiger partial charge >= 0.3 is 0 Å². The number of halogens is 1. The lowest BCUT2D eigenvalue weighted by Crippen LogP contribution is -2.36. The van der Waals surface area contributed by atoms with Crippen molar-refractivity contribution in [3.8, 4) is 0 Å². The van der Waals surface area contributed by atoms with Crippen molar-refractivity contribution in [2.45, 2.75) is 26.3 Å². The van der Waals surface area contributed by atoms with Crippen molar-refractivity contribution in [1.82, 2.24) is 10.3 Å². The SMILES string of the molecule is CCNc1nccc(C(=O)NC(C)CC(N)=O)c1F. The van der Waals surface area contributed by atoms with Crippen LogP contribution in [0.1, 0.15) is 30.6 Å². The summed E-state index contributed by atoms with van der Waals surface area (Å²) in [5.41, 5.74) is 4.89. The first kappa shape index (κ1) is 14.9. The Balaban J connectivity index is 2.82. The number of nitrogens with zero attached hydrogens (tertiary/aromatic N) is 1. The van der Waals surface area contributed by atoms with Crippen LogP contribution in [0.5, 0.6) is 0 Å². The van der Waals surface area contributed by atoms with Crippen molar-refractivity contribution < 1.29 is 14.0 Å². The van der Waals surface area contributed by atoms with Crippen LogP contribution >= 0.6 is 0 Å². The minimum absolute atomic E-state index is 0.00148. The molecule has 1 aromatic rings. The summed E-state index contributed by atoms with van der Waals surface area (Å²) in [6.45, 7) is 3.91. The van der Waals surface area contributed by atoms with Crippen LogP contribution in [-0.4, -0.2) is 29.4 Å². The molecule has 0 radical (unpaired) electrons. The summed E-state index contributed by atoms with van der Waals surface area (Å²) >= 11 is 0. The highest BCUT2D eigenvalue weighted by Gasteiger charge is 2.18. The molecule has 104 valence electrons. The summed E-state index contributed by atoms with van der Waals surface area (Å²) in [5.74, 6) is -1.82. The Labute approximate surface area is 110 Å². The Kier molecular flexibility index (Phi) is 5.23. The molecule has 0 spiro atoms. The average molecular weight is 268 g/mol. The molecule has 0 aliphatic rings. The van der Waals surface area contributed by atoms with Gasteiger partial charge in [0, 0.05) is 25.2 Å². The van der Waals surface area contributed by atoms with Crippen molar-refractivity contribution in [2.24, 2.45) is 5.73 Å².